The third-order valence-electron chi connectivity index (χ3n) is 3.09. The van der Waals surface area contributed by atoms with E-state index in [1.54, 1.807) is 11.3 Å². The van der Waals surface area contributed by atoms with E-state index in [4.69, 9.17) is 5.73 Å². The highest BCUT2D eigenvalue weighted by molar-refractivity contribution is 7.07. The van der Waals surface area contributed by atoms with Gasteiger partial charge in [0.2, 0.25) is 0 Å². The molecule has 0 saturated heterocycles. The second kappa shape index (κ2) is 5.47. The Morgan fingerprint density at radius 1 is 1.33 bits per heavy atom. The van der Waals surface area contributed by atoms with E-state index >= 15 is 0 Å². The molecule has 2 N–H and O–H groups in total. The molecular weight excluding hydrogens is 202 g/mol. The van der Waals surface area contributed by atoms with Gasteiger partial charge in [-0.25, -0.2) is 0 Å². The van der Waals surface area contributed by atoms with Crippen LogP contribution in [0.2, 0.25) is 0 Å². The Morgan fingerprint density at radius 3 is 3.07 bits per heavy atom. The SMILES string of the molecule is NC(Cc1ccsc1)C1=CCCCCC1. The molecular formula is C13H19NS. The minimum absolute atomic E-state index is 0.248. The molecule has 0 saturated carbocycles. The summed E-state index contributed by atoms with van der Waals surface area (Å²) in [5.41, 5.74) is 9.12. The lowest BCUT2D eigenvalue weighted by Crippen LogP contribution is -2.25. The first-order valence-electron chi connectivity index (χ1n) is 5.82. The van der Waals surface area contributed by atoms with Crippen molar-refractivity contribution in [1.82, 2.24) is 0 Å². The second-order valence-corrected chi connectivity index (χ2v) is 5.10. The fraction of sp³-hybridized carbons (Fsp3) is 0.538. The van der Waals surface area contributed by atoms with E-state index in [9.17, 15) is 0 Å². The number of rotatable bonds is 3. The lowest BCUT2D eigenvalue weighted by Gasteiger charge is -2.14. The molecule has 1 atom stereocenters. The molecule has 1 nitrogen and oxygen atoms in total. The smallest absolute Gasteiger partial charge is 0.0294 e. The number of nitrogens with two attached hydrogens (primary N) is 1. The van der Waals surface area contributed by atoms with Gasteiger partial charge in [-0.05, 0) is 54.5 Å². The van der Waals surface area contributed by atoms with Crippen LogP contribution in [0, 0.1) is 0 Å². The van der Waals surface area contributed by atoms with Crippen LogP contribution in [0.5, 0.6) is 0 Å². The monoisotopic (exact) mass is 221 g/mol. The van der Waals surface area contributed by atoms with Crippen molar-refractivity contribution in [2.45, 2.75) is 44.6 Å². The first-order valence-corrected chi connectivity index (χ1v) is 6.76. The largest absolute Gasteiger partial charge is 0.324 e. The molecule has 1 aromatic rings. The summed E-state index contributed by atoms with van der Waals surface area (Å²) < 4.78 is 0. The summed E-state index contributed by atoms with van der Waals surface area (Å²) in [5.74, 6) is 0. The molecule has 0 amide bonds. The summed E-state index contributed by atoms with van der Waals surface area (Å²) in [6, 6.07) is 2.43. The number of allylic oxidation sites excluding steroid dienone is 1. The van der Waals surface area contributed by atoms with Gasteiger partial charge in [-0.1, -0.05) is 18.1 Å². The fourth-order valence-corrected chi connectivity index (χ4v) is 2.85. The van der Waals surface area contributed by atoms with Crippen LogP contribution in [0.1, 0.15) is 37.7 Å². The molecule has 0 aliphatic heterocycles. The minimum atomic E-state index is 0.248. The molecule has 15 heavy (non-hydrogen) atoms. The van der Waals surface area contributed by atoms with E-state index in [1.807, 2.05) is 0 Å². The summed E-state index contributed by atoms with van der Waals surface area (Å²) in [6.07, 6.45) is 9.86. The van der Waals surface area contributed by atoms with Crippen molar-refractivity contribution < 1.29 is 0 Å². The maximum atomic E-state index is 6.25. The predicted octanol–water partition coefficient (Wildman–Crippen LogP) is 3.51. The summed E-state index contributed by atoms with van der Waals surface area (Å²) in [6.45, 7) is 0. The summed E-state index contributed by atoms with van der Waals surface area (Å²) in [7, 11) is 0. The molecule has 2 rings (SSSR count). The normalized spacial score (nSPS) is 19.4. The van der Waals surface area contributed by atoms with Gasteiger partial charge in [0, 0.05) is 6.04 Å². The van der Waals surface area contributed by atoms with Gasteiger partial charge in [0.25, 0.3) is 0 Å². The van der Waals surface area contributed by atoms with Crippen LogP contribution >= 0.6 is 11.3 Å². The van der Waals surface area contributed by atoms with Crippen molar-refractivity contribution in [3.8, 4) is 0 Å². The Hall–Kier alpha value is -0.600. The van der Waals surface area contributed by atoms with Gasteiger partial charge in [0.1, 0.15) is 0 Å². The van der Waals surface area contributed by atoms with Gasteiger partial charge >= 0.3 is 0 Å². The van der Waals surface area contributed by atoms with Crippen LogP contribution < -0.4 is 5.73 Å². The molecule has 0 fully saturated rings. The number of hydrogen-bond acceptors (Lipinski definition) is 2. The van der Waals surface area contributed by atoms with Gasteiger partial charge in [-0.2, -0.15) is 11.3 Å². The van der Waals surface area contributed by atoms with Gasteiger partial charge in [0.15, 0.2) is 0 Å². The highest BCUT2D eigenvalue weighted by Crippen LogP contribution is 2.21. The van der Waals surface area contributed by atoms with Gasteiger partial charge in [0.05, 0.1) is 0 Å². The highest BCUT2D eigenvalue weighted by Gasteiger charge is 2.11. The molecule has 1 unspecified atom stereocenters. The van der Waals surface area contributed by atoms with Crippen LogP contribution in [-0.4, -0.2) is 6.04 Å². The fourth-order valence-electron chi connectivity index (χ4n) is 2.17. The molecule has 1 aliphatic rings. The Morgan fingerprint density at radius 2 is 2.27 bits per heavy atom. The predicted molar refractivity (Wildman–Crippen MR) is 67.2 cm³/mol. The Balaban J connectivity index is 1.94. The van der Waals surface area contributed by atoms with Crippen LogP contribution in [0.15, 0.2) is 28.5 Å². The zero-order valence-electron chi connectivity index (χ0n) is 9.11. The standard InChI is InChI=1S/C13H19NS/c14-13(9-11-7-8-15-10-11)12-5-3-1-2-4-6-12/h5,7-8,10,13H,1-4,6,9,14H2. The molecule has 0 radical (unpaired) electrons. The zero-order valence-corrected chi connectivity index (χ0v) is 9.93. The van der Waals surface area contributed by atoms with Gasteiger partial charge in [-0.3, -0.25) is 0 Å². The third kappa shape index (κ3) is 3.18. The summed E-state index contributed by atoms with van der Waals surface area (Å²) >= 11 is 1.76. The second-order valence-electron chi connectivity index (χ2n) is 4.32. The van der Waals surface area contributed by atoms with Crippen LogP contribution in [0.3, 0.4) is 0 Å². The molecule has 0 bridgehead atoms. The van der Waals surface area contributed by atoms with E-state index in [2.05, 4.69) is 22.9 Å². The van der Waals surface area contributed by atoms with Crippen molar-refractivity contribution in [2.75, 3.05) is 0 Å². The highest BCUT2D eigenvalue weighted by atomic mass is 32.1. The lowest BCUT2D eigenvalue weighted by atomic mass is 9.98. The van der Waals surface area contributed by atoms with Gasteiger partial charge < -0.3 is 5.73 Å². The average molecular weight is 221 g/mol. The quantitative estimate of drug-likeness (QED) is 0.777. The van der Waals surface area contributed by atoms with Crippen molar-refractivity contribution >= 4 is 11.3 Å². The summed E-state index contributed by atoms with van der Waals surface area (Å²) in [5, 5.41) is 4.33. The van der Waals surface area contributed by atoms with Crippen LogP contribution in [0.25, 0.3) is 0 Å². The summed E-state index contributed by atoms with van der Waals surface area (Å²) in [4.78, 5) is 0. The van der Waals surface area contributed by atoms with E-state index in [1.165, 1.54) is 43.2 Å². The Kier molecular flexibility index (Phi) is 3.98. The molecule has 0 spiro atoms. The van der Waals surface area contributed by atoms with Crippen molar-refractivity contribution in [3.63, 3.8) is 0 Å². The average Bonchev–Trinajstić information content (AvgIpc) is 2.58. The number of thiophene rings is 1. The van der Waals surface area contributed by atoms with E-state index in [0.29, 0.717) is 0 Å². The molecule has 0 aromatic carbocycles. The maximum Gasteiger partial charge on any atom is 0.0294 e. The molecule has 82 valence electrons. The topological polar surface area (TPSA) is 26.0 Å². The first-order chi connectivity index (χ1) is 7.36. The number of hydrogen-bond donors (Lipinski definition) is 1. The molecule has 1 aromatic heterocycles. The van der Waals surface area contributed by atoms with Gasteiger partial charge in [-0.15, -0.1) is 0 Å². The van der Waals surface area contributed by atoms with Crippen molar-refractivity contribution in [3.05, 3.63) is 34.0 Å². The van der Waals surface area contributed by atoms with E-state index in [-0.39, 0.29) is 6.04 Å². The Labute approximate surface area is 96.0 Å². The zero-order chi connectivity index (χ0) is 10.5. The lowest BCUT2D eigenvalue weighted by molar-refractivity contribution is 0.672. The van der Waals surface area contributed by atoms with Crippen LogP contribution in [0.4, 0.5) is 0 Å². The Bertz CT molecular complexity index is 313. The first kappa shape index (κ1) is 10.9. The van der Waals surface area contributed by atoms with Crippen LogP contribution in [-0.2, 0) is 6.42 Å². The molecule has 1 aliphatic carbocycles. The van der Waals surface area contributed by atoms with E-state index < -0.39 is 0 Å². The molecule has 1 heterocycles. The molecule has 2 heteroatoms. The van der Waals surface area contributed by atoms with Crippen molar-refractivity contribution in [1.29, 1.82) is 0 Å². The third-order valence-corrected chi connectivity index (χ3v) is 3.82. The minimum Gasteiger partial charge on any atom is -0.324 e. The van der Waals surface area contributed by atoms with Crippen molar-refractivity contribution in [2.24, 2.45) is 5.73 Å². The maximum absolute atomic E-state index is 6.25. The van der Waals surface area contributed by atoms with E-state index in [0.717, 1.165) is 6.42 Å².